The number of benzene rings is 1. The van der Waals surface area contributed by atoms with Crippen molar-refractivity contribution in [1.82, 2.24) is 34.9 Å². The SMILES string of the molecule is CS(=O)(=O)NCc1cc(F)cc(-c2ccnc3[nH]c(-c4n[nH]c5ncc(-c6cncc(N)c6)cc45)cc23)c1. The summed E-state index contributed by atoms with van der Waals surface area (Å²) in [7, 11) is -3.42. The molecule has 5 N–H and O–H groups in total. The van der Waals surface area contributed by atoms with E-state index < -0.39 is 15.8 Å². The molecule has 0 aliphatic rings. The van der Waals surface area contributed by atoms with E-state index in [1.54, 1.807) is 36.9 Å². The first-order valence-electron chi connectivity index (χ1n) is 11.5. The molecule has 0 saturated heterocycles. The fraction of sp³-hybridized carbons (Fsp3) is 0.0769. The lowest BCUT2D eigenvalue weighted by molar-refractivity contribution is 0.586. The molecule has 0 spiro atoms. The average Bonchev–Trinajstić information content (AvgIpc) is 3.50. The first-order chi connectivity index (χ1) is 18.2. The van der Waals surface area contributed by atoms with Crippen LogP contribution in [0, 0.1) is 5.82 Å². The molecule has 0 radical (unpaired) electrons. The summed E-state index contributed by atoms with van der Waals surface area (Å²) in [6.07, 6.45) is 7.72. The Morgan fingerprint density at radius 1 is 0.947 bits per heavy atom. The van der Waals surface area contributed by atoms with Gasteiger partial charge in [-0.2, -0.15) is 5.10 Å². The van der Waals surface area contributed by atoms with Gasteiger partial charge in [-0.1, -0.05) is 0 Å². The van der Waals surface area contributed by atoms with Crippen molar-refractivity contribution in [3.8, 4) is 33.6 Å². The van der Waals surface area contributed by atoms with E-state index in [9.17, 15) is 12.8 Å². The molecule has 10 nitrogen and oxygen atoms in total. The minimum atomic E-state index is -3.42. The largest absolute Gasteiger partial charge is 0.397 e. The molecule has 0 amide bonds. The number of rotatable bonds is 6. The standard InChI is InChI=1S/C26H21FN8O2S/c1-38(36,37)32-10-14-4-15(6-18(27)5-14)20-2-3-30-25-21(20)9-23(33-25)24-22-8-17(12-31-26(22)35-34-24)16-7-19(28)13-29-11-16/h2-9,11-13,32H,10,28H2,1H3,(H,30,33)(H,31,34,35). The minimum absolute atomic E-state index is 0.0205. The predicted octanol–water partition coefficient (Wildman–Crippen LogP) is 4.00. The number of pyridine rings is 3. The molecule has 0 fully saturated rings. The molecular weight excluding hydrogens is 507 g/mol. The lowest BCUT2D eigenvalue weighted by Gasteiger charge is -2.08. The number of nitrogens with zero attached hydrogens (tertiary/aromatic N) is 4. The second kappa shape index (κ2) is 9.01. The molecular formula is C26H21FN8O2S. The normalized spacial score (nSPS) is 11.9. The Morgan fingerprint density at radius 2 is 1.79 bits per heavy atom. The Morgan fingerprint density at radius 3 is 2.61 bits per heavy atom. The second-order valence-corrected chi connectivity index (χ2v) is 10.8. The third-order valence-electron chi connectivity index (χ3n) is 6.10. The summed E-state index contributed by atoms with van der Waals surface area (Å²) in [6.45, 7) is -0.0205. The Balaban J connectivity index is 1.43. The molecule has 0 aliphatic heterocycles. The van der Waals surface area contributed by atoms with E-state index in [0.717, 1.165) is 33.7 Å². The van der Waals surface area contributed by atoms with Crippen LogP contribution in [0.1, 0.15) is 5.56 Å². The maximum Gasteiger partial charge on any atom is 0.209 e. The number of nitrogens with one attached hydrogen (secondary N) is 3. The van der Waals surface area contributed by atoms with Crippen molar-refractivity contribution >= 4 is 37.8 Å². The van der Waals surface area contributed by atoms with Crippen molar-refractivity contribution in [2.45, 2.75) is 6.54 Å². The van der Waals surface area contributed by atoms with Gasteiger partial charge < -0.3 is 10.7 Å². The summed E-state index contributed by atoms with van der Waals surface area (Å²) < 4.78 is 39.9. The second-order valence-electron chi connectivity index (χ2n) is 8.94. The Bertz CT molecular complexity index is 1950. The van der Waals surface area contributed by atoms with Crippen molar-refractivity contribution in [3.63, 3.8) is 0 Å². The monoisotopic (exact) mass is 528 g/mol. The molecule has 6 rings (SSSR count). The smallest absolute Gasteiger partial charge is 0.209 e. The topological polar surface area (TPSA) is 155 Å². The zero-order valence-corrected chi connectivity index (χ0v) is 20.8. The molecule has 0 bridgehead atoms. The fourth-order valence-corrected chi connectivity index (χ4v) is 4.84. The maximum atomic E-state index is 14.5. The predicted molar refractivity (Wildman–Crippen MR) is 144 cm³/mol. The van der Waals surface area contributed by atoms with Gasteiger partial charge in [0.2, 0.25) is 10.0 Å². The number of nitrogens with two attached hydrogens (primary N) is 1. The third-order valence-corrected chi connectivity index (χ3v) is 6.77. The van der Waals surface area contributed by atoms with E-state index in [2.05, 4.69) is 34.9 Å². The Hall–Kier alpha value is -4.68. The van der Waals surface area contributed by atoms with Crippen LogP contribution < -0.4 is 10.5 Å². The highest BCUT2D eigenvalue weighted by Crippen LogP contribution is 2.34. The summed E-state index contributed by atoms with van der Waals surface area (Å²) >= 11 is 0. The van der Waals surface area contributed by atoms with E-state index in [-0.39, 0.29) is 6.54 Å². The van der Waals surface area contributed by atoms with Gasteiger partial charge in [0.25, 0.3) is 0 Å². The van der Waals surface area contributed by atoms with Crippen LogP contribution in [0.15, 0.2) is 67.3 Å². The van der Waals surface area contributed by atoms with Crippen LogP contribution in [-0.2, 0) is 16.6 Å². The van der Waals surface area contributed by atoms with Crippen molar-refractivity contribution < 1.29 is 12.8 Å². The van der Waals surface area contributed by atoms with Crippen molar-refractivity contribution in [3.05, 3.63) is 78.6 Å². The molecule has 12 heteroatoms. The molecule has 38 heavy (non-hydrogen) atoms. The van der Waals surface area contributed by atoms with E-state index in [0.29, 0.717) is 39.5 Å². The minimum Gasteiger partial charge on any atom is -0.397 e. The lowest BCUT2D eigenvalue weighted by Crippen LogP contribution is -2.21. The molecule has 6 aromatic rings. The lowest BCUT2D eigenvalue weighted by atomic mass is 10.0. The average molecular weight is 529 g/mol. The first kappa shape index (κ1) is 23.7. The number of H-pyrrole nitrogens is 2. The van der Waals surface area contributed by atoms with E-state index in [4.69, 9.17) is 5.73 Å². The van der Waals surface area contributed by atoms with Gasteiger partial charge in [-0.25, -0.2) is 27.5 Å². The Kier molecular flexibility index (Phi) is 5.62. The molecule has 0 saturated carbocycles. The number of nitrogen functional groups attached to an aromatic ring is 1. The van der Waals surface area contributed by atoms with Crippen LogP contribution in [0.25, 0.3) is 55.7 Å². The van der Waals surface area contributed by atoms with Crippen LogP contribution in [0.3, 0.4) is 0 Å². The highest BCUT2D eigenvalue weighted by atomic mass is 32.2. The fourth-order valence-electron chi connectivity index (χ4n) is 4.41. The summed E-state index contributed by atoms with van der Waals surface area (Å²) in [5.41, 5.74) is 12.5. The van der Waals surface area contributed by atoms with E-state index in [1.165, 1.54) is 12.1 Å². The van der Waals surface area contributed by atoms with Gasteiger partial charge in [-0.15, -0.1) is 0 Å². The number of fused-ring (bicyclic) bond motifs is 2. The van der Waals surface area contributed by atoms with Crippen LogP contribution >= 0.6 is 0 Å². The molecule has 0 atom stereocenters. The number of anilines is 1. The molecule has 5 aromatic heterocycles. The summed E-state index contributed by atoms with van der Waals surface area (Å²) in [4.78, 5) is 16.4. The molecule has 0 aliphatic carbocycles. The van der Waals surface area contributed by atoms with Gasteiger partial charge in [0.15, 0.2) is 5.65 Å². The molecule has 5 heterocycles. The van der Waals surface area contributed by atoms with Crippen molar-refractivity contribution in [1.29, 1.82) is 0 Å². The summed E-state index contributed by atoms with van der Waals surface area (Å²) in [5.74, 6) is -0.471. The van der Waals surface area contributed by atoms with Gasteiger partial charge >= 0.3 is 0 Å². The maximum absolute atomic E-state index is 14.5. The van der Waals surface area contributed by atoms with Crippen LogP contribution in [-0.4, -0.2) is 44.8 Å². The Labute approximate surface area is 216 Å². The quantitative estimate of drug-likeness (QED) is 0.255. The molecule has 0 unspecified atom stereocenters. The number of halogens is 1. The van der Waals surface area contributed by atoms with Crippen molar-refractivity contribution in [2.75, 3.05) is 12.0 Å². The molecule has 1 aromatic carbocycles. The van der Waals surface area contributed by atoms with Crippen LogP contribution in [0.2, 0.25) is 0 Å². The zero-order chi connectivity index (χ0) is 26.4. The molecule has 190 valence electrons. The zero-order valence-electron chi connectivity index (χ0n) is 20.0. The highest BCUT2D eigenvalue weighted by Gasteiger charge is 2.16. The van der Waals surface area contributed by atoms with Gasteiger partial charge in [-0.3, -0.25) is 10.1 Å². The summed E-state index contributed by atoms with van der Waals surface area (Å²) in [5, 5.41) is 8.99. The third kappa shape index (κ3) is 4.58. The van der Waals surface area contributed by atoms with Gasteiger partial charge in [0.05, 0.1) is 17.6 Å². The number of hydrogen-bond donors (Lipinski definition) is 4. The first-order valence-corrected chi connectivity index (χ1v) is 13.4. The van der Waals surface area contributed by atoms with Gasteiger partial charge in [0, 0.05) is 53.2 Å². The number of sulfonamides is 1. The van der Waals surface area contributed by atoms with E-state index in [1.807, 2.05) is 18.2 Å². The van der Waals surface area contributed by atoms with Gasteiger partial charge in [-0.05, 0) is 59.2 Å². The van der Waals surface area contributed by atoms with Gasteiger partial charge in [0.1, 0.15) is 17.2 Å². The van der Waals surface area contributed by atoms with E-state index >= 15 is 0 Å². The number of aromatic nitrogens is 6. The van der Waals surface area contributed by atoms with Crippen molar-refractivity contribution in [2.24, 2.45) is 0 Å². The highest BCUT2D eigenvalue weighted by molar-refractivity contribution is 7.88. The number of aromatic amines is 2. The summed E-state index contributed by atoms with van der Waals surface area (Å²) in [6, 6.07) is 11.9. The van der Waals surface area contributed by atoms with Crippen LogP contribution in [0.4, 0.5) is 10.1 Å². The number of hydrogen-bond acceptors (Lipinski definition) is 7. The van der Waals surface area contributed by atoms with Crippen LogP contribution in [0.5, 0.6) is 0 Å².